The number of aromatic nitrogens is 3. The fourth-order valence-electron chi connectivity index (χ4n) is 5.12. The Kier molecular flexibility index (Phi) is 6.35. The highest BCUT2D eigenvalue weighted by Gasteiger charge is 2.32. The van der Waals surface area contributed by atoms with E-state index in [0.717, 1.165) is 60.9 Å². The van der Waals surface area contributed by atoms with Crippen molar-refractivity contribution < 1.29 is 14.3 Å². The summed E-state index contributed by atoms with van der Waals surface area (Å²) < 4.78 is 5.63. The van der Waals surface area contributed by atoms with Gasteiger partial charge in [-0.3, -0.25) is 19.5 Å². The van der Waals surface area contributed by atoms with Crippen LogP contribution in [0.25, 0.3) is 0 Å². The van der Waals surface area contributed by atoms with Gasteiger partial charge in [-0.2, -0.15) is 0 Å². The first-order chi connectivity index (χ1) is 16.1. The standard InChI is InChI=1S/C25H31N5O3/c1-17-21-7-8-22(31)30(16-19-5-2-3-11-26-19)25(21)28-24(27-17)18-9-12-29(13-10-18)23(32)15-20-6-4-14-33-20/h2-3,5,11,18,20H,4,6-10,12-16H2,1H3. The van der Waals surface area contributed by atoms with Crippen LogP contribution in [-0.4, -0.2) is 57.5 Å². The van der Waals surface area contributed by atoms with Crippen molar-refractivity contribution in [3.63, 3.8) is 0 Å². The van der Waals surface area contributed by atoms with Gasteiger partial charge < -0.3 is 9.64 Å². The van der Waals surface area contributed by atoms with E-state index in [0.29, 0.717) is 38.9 Å². The molecule has 3 aliphatic rings. The maximum absolute atomic E-state index is 12.8. The number of carbonyl (C=O) groups excluding carboxylic acids is 2. The van der Waals surface area contributed by atoms with Gasteiger partial charge in [-0.15, -0.1) is 0 Å². The molecule has 8 heteroatoms. The number of carbonyl (C=O) groups is 2. The average molecular weight is 450 g/mol. The molecule has 5 heterocycles. The molecule has 2 aromatic heterocycles. The van der Waals surface area contributed by atoms with Crippen molar-refractivity contribution in [2.24, 2.45) is 0 Å². The van der Waals surface area contributed by atoms with Crippen LogP contribution in [0.4, 0.5) is 5.82 Å². The van der Waals surface area contributed by atoms with Gasteiger partial charge in [0.05, 0.1) is 24.8 Å². The number of nitrogens with zero attached hydrogens (tertiary/aromatic N) is 5. The van der Waals surface area contributed by atoms with Gasteiger partial charge in [-0.1, -0.05) is 6.07 Å². The molecule has 0 aliphatic carbocycles. The molecule has 2 aromatic rings. The minimum atomic E-state index is 0.0757. The molecule has 2 saturated heterocycles. The van der Waals surface area contributed by atoms with Crippen molar-refractivity contribution in [2.75, 3.05) is 24.6 Å². The molecule has 2 fully saturated rings. The maximum Gasteiger partial charge on any atom is 0.228 e. The number of aryl methyl sites for hydroxylation is 1. The van der Waals surface area contributed by atoms with E-state index in [-0.39, 0.29) is 23.8 Å². The Labute approximate surface area is 194 Å². The Morgan fingerprint density at radius 1 is 1.15 bits per heavy atom. The number of pyridine rings is 1. The predicted molar refractivity (Wildman–Crippen MR) is 123 cm³/mol. The molecule has 1 unspecified atom stereocenters. The van der Waals surface area contributed by atoms with Gasteiger partial charge in [0.15, 0.2) is 0 Å². The number of rotatable bonds is 5. The molecule has 0 saturated carbocycles. The SMILES string of the molecule is Cc1nc(C2CCN(C(=O)CC3CCCO3)CC2)nc2c1CCC(=O)N2Cc1ccccn1. The molecular weight excluding hydrogens is 418 g/mol. The molecule has 1 atom stereocenters. The van der Waals surface area contributed by atoms with Crippen LogP contribution in [0.5, 0.6) is 0 Å². The second-order valence-electron chi connectivity index (χ2n) is 9.26. The molecule has 5 rings (SSSR count). The molecule has 0 spiro atoms. The highest BCUT2D eigenvalue weighted by Crippen LogP contribution is 2.33. The van der Waals surface area contributed by atoms with Gasteiger partial charge in [0.1, 0.15) is 11.6 Å². The zero-order valence-corrected chi connectivity index (χ0v) is 19.2. The van der Waals surface area contributed by atoms with Crippen LogP contribution in [-0.2, 0) is 27.3 Å². The lowest BCUT2D eigenvalue weighted by Gasteiger charge is -2.33. The first kappa shape index (κ1) is 21.9. The third-order valence-corrected chi connectivity index (χ3v) is 7.04. The van der Waals surface area contributed by atoms with Gasteiger partial charge in [-0.05, 0) is 51.2 Å². The predicted octanol–water partition coefficient (Wildman–Crippen LogP) is 2.93. The number of hydrogen-bond acceptors (Lipinski definition) is 6. The van der Waals surface area contributed by atoms with Crippen molar-refractivity contribution in [3.8, 4) is 0 Å². The second kappa shape index (κ2) is 9.55. The minimum absolute atomic E-state index is 0.0757. The second-order valence-corrected chi connectivity index (χ2v) is 9.26. The van der Waals surface area contributed by atoms with Crippen LogP contribution in [0.2, 0.25) is 0 Å². The Morgan fingerprint density at radius 3 is 2.73 bits per heavy atom. The molecule has 3 aliphatic heterocycles. The first-order valence-electron chi connectivity index (χ1n) is 12.1. The quantitative estimate of drug-likeness (QED) is 0.697. The van der Waals surface area contributed by atoms with Crippen LogP contribution in [0, 0.1) is 6.92 Å². The first-order valence-corrected chi connectivity index (χ1v) is 12.1. The molecular formula is C25H31N5O3. The molecule has 0 radical (unpaired) electrons. The molecule has 33 heavy (non-hydrogen) atoms. The van der Waals surface area contributed by atoms with E-state index >= 15 is 0 Å². The van der Waals surface area contributed by atoms with Crippen LogP contribution in [0.1, 0.15) is 67.2 Å². The lowest BCUT2D eigenvalue weighted by Crippen LogP contribution is -2.40. The van der Waals surface area contributed by atoms with Crippen molar-refractivity contribution in [1.29, 1.82) is 0 Å². The lowest BCUT2D eigenvalue weighted by molar-refractivity contribution is -0.134. The van der Waals surface area contributed by atoms with Crippen molar-refractivity contribution in [3.05, 3.63) is 47.2 Å². The minimum Gasteiger partial charge on any atom is -0.378 e. The largest absolute Gasteiger partial charge is 0.378 e. The number of hydrogen-bond donors (Lipinski definition) is 0. The maximum atomic E-state index is 12.8. The number of likely N-dealkylation sites (tertiary alicyclic amines) is 1. The number of anilines is 1. The third kappa shape index (κ3) is 4.76. The van der Waals surface area contributed by atoms with Crippen LogP contribution in [0.15, 0.2) is 24.4 Å². The number of piperidine rings is 1. The highest BCUT2D eigenvalue weighted by molar-refractivity contribution is 5.95. The summed E-state index contributed by atoms with van der Waals surface area (Å²) in [6.45, 7) is 4.63. The zero-order chi connectivity index (χ0) is 22.8. The normalized spacial score (nSPS) is 21.4. The molecule has 8 nitrogen and oxygen atoms in total. The monoisotopic (exact) mass is 449 g/mol. The van der Waals surface area contributed by atoms with Crippen molar-refractivity contribution in [2.45, 2.75) is 70.4 Å². The molecule has 0 aromatic carbocycles. The third-order valence-electron chi connectivity index (χ3n) is 7.04. The summed E-state index contributed by atoms with van der Waals surface area (Å²) in [5.74, 6) is 1.98. The van der Waals surface area contributed by atoms with Gasteiger partial charge in [0.25, 0.3) is 0 Å². The highest BCUT2D eigenvalue weighted by atomic mass is 16.5. The van der Waals surface area contributed by atoms with E-state index < -0.39 is 0 Å². The van der Waals surface area contributed by atoms with Crippen molar-refractivity contribution in [1.82, 2.24) is 19.9 Å². The van der Waals surface area contributed by atoms with E-state index in [4.69, 9.17) is 14.7 Å². The summed E-state index contributed by atoms with van der Waals surface area (Å²) in [4.78, 5) is 43.3. The van der Waals surface area contributed by atoms with Crippen LogP contribution < -0.4 is 4.90 Å². The van der Waals surface area contributed by atoms with Gasteiger partial charge >= 0.3 is 0 Å². The Bertz CT molecular complexity index is 1010. The summed E-state index contributed by atoms with van der Waals surface area (Å²) in [5, 5.41) is 0. The van der Waals surface area contributed by atoms with Gasteiger partial charge in [0.2, 0.25) is 11.8 Å². The van der Waals surface area contributed by atoms with Gasteiger partial charge in [0, 0.05) is 49.5 Å². The topological polar surface area (TPSA) is 88.5 Å². The zero-order valence-electron chi connectivity index (χ0n) is 19.2. The fourth-order valence-corrected chi connectivity index (χ4v) is 5.12. The Morgan fingerprint density at radius 2 is 2.00 bits per heavy atom. The van der Waals surface area contributed by atoms with E-state index in [2.05, 4.69) is 4.98 Å². The van der Waals surface area contributed by atoms with E-state index in [9.17, 15) is 9.59 Å². The number of amides is 2. The lowest BCUT2D eigenvalue weighted by atomic mass is 9.94. The van der Waals surface area contributed by atoms with E-state index in [1.165, 1.54) is 0 Å². The van der Waals surface area contributed by atoms with Crippen LogP contribution >= 0.6 is 0 Å². The number of ether oxygens (including phenoxy) is 1. The number of fused-ring (bicyclic) bond motifs is 1. The summed E-state index contributed by atoms with van der Waals surface area (Å²) in [6.07, 6.45) is 7.17. The molecule has 0 bridgehead atoms. The van der Waals surface area contributed by atoms with Crippen LogP contribution in [0.3, 0.4) is 0 Å². The smallest absolute Gasteiger partial charge is 0.228 e. The summed E-state index contributed by atoms with van der Waals surface area (Å²) in [7, 11) is 0. The Hall–Kier alpha value is -2.87. The summed E-state index contributed by atoms with van der Waals surface area (Å²) in [6, 6.07) is 5.74. The molecule has 174 valence electrons. The van der Waals surface area contributed by atoms with E-state index in [1.54, 1.807) is 11.1 Å². The van der Waals surface area contributed by atoms with Gasteiger partial charge in [-0.25, -0.2) is 9.97 Å². The van der Waals surface area contributed by atoms with Crippen molar-refractivity contribution >= 4 is 17.6 Å². The molecule has 0 N–H and O–H groups in total. The Balaban J connectivity index is 1.30. The average Bonchev–Trinajstić information content (AvgIpc) is 3.34. The van der Waals surface area contributed by atoms with E-state index in [1.807, 2.05) is 30.0 Å². The summed E-state index contributed by atoms with van der Waals surface area (Å²) >= 11 is 0. The molecule has 2 amide bonds. The summed E-state index contributed by atoms with van der Waals surface area (Å²) in [5.41, 5.74) is 2.85. The fraction of sp³-hybridized carbons (Fsp3) is 0.560.